The van der Waals surface area contributed by atoms with Crippen LogP contribution in [-0.2, 0) is 19.1 Å². The molecular formula is C20H23NO4. The van der Waals surface area contributed by atoms with Crippen LogP contribution in [0.5, 0.6) is 0 Å². The maximum Gasteiger partial charge on any atom is 0.315 e. The maximum absolute atomic E-state index is 12.7. The zero-order chi connectivity index (χ0) is 18.6. The Bertz CT molecular complexity index is 782. The molecule has 3 aliphatic rings. The monoisotopic (exact) mass is 341 g/mol. The molecular weight excluding hydrogens is 318 g/mol. The third-order valence-electron chi connectivity index (χ3n) is 6.61. The van der Waals surface area contributed by atoms with Gasteiger partial charge in [-0.15, -0.1) is 0 Å². The first-order valence-corrected chi connectivity index (χ1v) is 8.62. The molecule has 0 amide bonds. The van der Waals surface area contributed by atoms with E-state index in [2.05, 4.69) is 4.85 Å². The molecule has 0 aromatic carbocycles. The third-order valence-corrected chi connectivity index (χ3v) is 6.61. The van der Waals surface area contributed by atoms with Crippen molar-refractivity contribution in [3.05, 3.63) is 34.8 Å². The summed E-state index contributed by atoms with van der Waals surface area (Å²) in [5.41, 5.74) is -1.40. The van der Waals surface area contributed by atoms with Crippen molar-refractivity contribution >= 4 is 17.5 Å². The van der Waals surface area contributed by atoms with Crippen molar-refractivity contribution in [2.45, 2.75) is 46.5 Å². The number of ether oxygens (including phenoxy) is 1. The number of Topliss-reactive ketones (excluding diaryl/α,β-unsaturated/α-hetero) is 1. The number of carbonyl (C=O) groups excluding carboxylic acids is 3. The summed E-state index contributed by atoms with van der Waals surface area (Å²) in [5, 5.41) is 0. The van der Waals surface area contributed by atoms with E-state index in [1.165, 1.54) is 7.11 Å². The molecule has 0 aromatic heterocycles. The van der Waals surface area contributed by atoms with Gasteiger partial charge in [-0.2, -0.15) is 0 Å². The molecule has 25 heavy (non-hydrogen) atoms. The number of hydrogen-bond donors (Lipinski definition) is 0. The number of methoxy groups -OCH3 is 1. The molecule has 0 aliphatic heterocycles. The second kappa shape index (κ2) is 5.39. The van der Waals surface area contributed by atoms with E-state index in [1.807, 2.05) is 20.8 Å². The summed E-state index contributed by atoms with van der Waals surface area (Å²) in [7, 11) is 1.37. The van der Waals surface area contributed by atoms with Gasteiger partial charge in [0.15, 0.2) is 11.6 Å². The minimum atomic E-state index is -0.825. The normalized spacial score (nSPS) is 36.4. The van der Waals surface area contributed by atoms with E-state index in [0.29, 0.717) is 25.7 Å². The van der Waals surface area contributed by atoms with E-state index in [1.54, 1.807) is 12.2 Å². The predicted molar refractivity (Wildman–Crippen MR) is 91.1 cm³/mol. The summed E-state index contributed by atoms with van der Waals surface area (Å²) in [4.78, 5) is 41.0. The summed E-state index contributed by atoms with van der Waals surface area (Å²) in [6, 6.07) is 0. The average molecular weight is 341 g/mol. The number of carbonyl (C=O) groups is 3. The van der Waals surface area contributed by atoms with Crippen molar-refractivity contribution in [1.82, 2.24) is 0 Å². The lowest BCUT2D eigenvalue weighted by Crippen LogP contribution is -2.56. The number of fused-ring (bicyclic) bond motifs is 3. The van der Waals surface area contributed by atoms with Gasteiger partial charge in [-0.1, -0.05) is 26.8 Å². The van der Waals surface area contributed by atoms with Gasteiger partial charge in [0.2, 0.25) is 5.70 Å². The van der Waals surface area contributed by atoms with Crippen LogP contribution in [0, 0.1) is 28.7 Å². The summed E-state index contributed by atoms with van der Waals surface area (Å²) in [6.45, 7) is 13.1. The lowest BCUT2D eigenvalue weighted by atomic mass is 9.45. The molecule has 0 radical (unpaired) electrons. The average Bonchev–Trinajstić information content (AvgIpc) is 2.58. The van der Waals surface area contributed by atoms with E-state index in [0.717, 1.165) is 5.57 Å². The van der Waals surface area contributed by atoms with E-state index in [-0.39, 0.29) is 29.2 Å². The number of nitrogens with zero attached hydrogens (tertiary/aromatic N) is 1. The molecule has 132 valence electrons. The van der Waals surface area contributed by atoms with Gasteiger partial charge >= 0.3 is 5.97 Å². The smallest absolute Gasteiger partial charge is 0.315 e. The molecule has 0 unspecified atom stereocenters. The van der Waals surface area contributed by atoms with Crippen LogP contribution in [0.3, 0.4) is 0 Å². The summed E-state index contributed by atoms with van der Waals surface area (Å²) in [5.74, 6) is -0.548. The van der Waals surface area contributed by atoms with Gasteiger partial charge in [-0.3, -0.25) is 9.59 Å². The lowest BCUT2D eigenvalue weighted by Gasteiger charge is -2.57. The van der Waals surface area contributed by atoms with Gasteiger partial charge in [-0.25, -0.2) is 4.85 Å². The highest BCUT2D eigenvalue weighted by molar-refractivity contribution is 6.03. The first kappa shape index (κ1) is 17.6. The van der Waals surface area contributed by atoms with Crippen molar-refractivity contribution in [3.8, 4) is 0 Å². The van der Waals surface area contributed by atoms with Crippen LogP contribution in [0.15, 0.2) is 23.4 Å². The summed E-state index contributed by atoms with van der Waals surface area (Å²) < 4.78 is 5.10. The Morgan fingerprint density at radius 2 is 1.96 bits per heavy atom. The third kappa shape index (κ3) is 2.16. The quantitative estimate of drug-likeness (QED) is 0.542. The Kier molecular flexibility index (Phi) is 3.79. The first-order valence-electron chi connectivity index (χ1n) is 8.62. The van der Waals surface area contributed by atoms with Gasteiger partial charge in [0.1, 0.15) is 0 Å². The first-order chi connectivity index (χ1) is 11.6. The Labute approximate surface area is 147 Å². The van der Waals surface area contributed by atoms with Crippen LogP contribution in [0.2, 0.25) is 0 Å². The van der Waals surface area contributed by atoms with Crippen LogP contribution in [0.25, 0.3) is 4.85 Å². The van der Waals surface area contributed by atoms with Gasteiger partial charge in [0, 0.05) is 17.3 Å². The van der Waals surface area contributed by atoms with Crippen LogP contribution in [0.1, 0.15) is 46.5 Å². The highest BCUT2D eigenvalue weighted by Crippen LogP contribution is 2.64. The number of esters is 1. The maximum atomic E-state index is 12.7. The molecule has 1 saturated carbocycles. The number of hydrogen-bond acceptors (Lipinski definition) is 4. The van der Waals surface area contributed by atoms with Crippen molar-refractivity contribution < 1.29 is 19.1 Å². The highest BCUT2D eigenvalue weighted by atomic mass is 16.5. The number of ketones is 2. The minimum absolute atomic E-state index is 0.0103. The van der Waals surface area contributed by atoms with Crippen LogP contribution >= 0.6 is 0 Å². The van der Waals surface area contributed by atoms with Crippen LogP contribution in [0.4, 0.5) is 0 Å². The fraction of sp³-hybridized carbons (Fsp3) is 0.600. The summed E-state index contributed by atoms with van der Waals surface area (Å²) in [6.07, 6.45) is 5.27. The molecule has 5 nitrogen and oxygen atoms in total. The highest BCUT2D eigenvalue weighted by Gasteiger charge is 2.62. The standard InChI is InChI=1S/C20H23NO4/c1-18(2)14-7-9-20(17(24)25-5)8-6-12(22)10-15(20)19(14,3)11-13(21-4)16(18)23/h10-11,14H,6-9H2,1-3,5H3/t14-,19-,20-/m0/s1. The molecule has 0 bridgehead atoms. The van der Waals surface area contributed by atoms with Crippen LogP contribution in [-0.4, -0.2) is 24.6 Å². The van der Waals surface area contributed by atoms with Gasteiger partial charge in [-0.05, 0) is 36.8 Å². The van der Waals surface area contributed by atoms with Crippen LogP contribution < -0.4 is 0 Å². The van der Waals surface area contributed by atoms with Crippen molar-refractivity contribution in [3.63, 3.8) is 0 Å². The molecule has 1 fully saturated rings. The zero-order valence-electron chi connectivity index (χ0n) is 15.1. The molecule has 0 aromatic rings. The number of allylic oxidation sites excluding steroid dienone is 3. The minimum Gasteiger partial charge on any atom is -0.468 e. The van der Waals surface area contributed by atoms with E-state index in [9.17, 15) is 14.4 Å². The molecule has 0 N–H and O–H groups in total. The fourth-order valence-corrected chi connectivity index (χ4v) is 5.37. The lowest BCUT2D eigenvalue weighted by molar-refractivity contribution is -0.156. The summed E-state index contributed by atoms with van der Waals surface area (Å²) >= 11 is 0. The molecule has 3 rings (SSSR count). The fourth-order valence-electron chi connectivity index (χ4n) is 5.37. The molecule has 5 heteroatoms. The van der Waals surface area contributed by atoms with E-state index < -0.39 is 16.2 Å². The molecule has 3 atom stereocenters. The van der Waals surface area contributed by atoms with E-state index in [4.69, 9.17) is 11.3 Å². The largest absolute Gasteiger partial charge is 0.468 e. The van der Waals surface area contributed by atoms with Crippen molar-refractivity contribution in [2.75, 3.05) is 7.11 Å². The second-order valence-corrected chi connectivity index (χ2v) is 8.16. The Balaban J connectivity index is 2.28. The van der Waals surface area contributed by atoms with Gasteiger partial charge in [0.05, 0.1) is 19.1 Å². The topological polar surface area (TPSA) is 64.8 Å². The molecule has 0 heterocycles. The number of rotatable bonds is 1. The van der Waals surface area contributed by atoms with Gasteiger partial charge in [0.25, 0.3) is 0 Å². The Hall–Kier alpha value is -2.22. The molecule has 0 spiro atoms. The Morgan fingerprint density at radius 1 is 1.28 bits per heavy atom. The second-order valence-electron chi connectivity index (χ2n) is 8.16. The van der Waals surface area contributed by atoms with Crippen molar-refractivity contribution in [1.29, 1.82) is 0 Å². The predicted octanol–water partition coefficient (Wildman–Crippen LogP) is 3.26. The SMILES string of the molecule is [C-]#[N+]C1=C[C@]2(C)C3=CC(=O)CC[C@]3(C(=O)OC)CC[C@H]2C(C)(C)C1=O. The molecule has 3 aliphatic carbocycles. The van der Waals surface area contributed by atoms with E-state index >= 15 is 0 Å². The Morgan fingerprint density at radius 3 is 2.56 bits per heavy atom. The van der Waals surface area contributed by atoms with Crippen molar-refractivity contribution in [2.24, 2.45) is 22.2 Å². The molecule has 0 saturated heterocycles. The zero-order valence-corrected chi connectivity index (χ0v) is 15.1. The van der Waals surface area contributed by atoms with Gasteiger partial charge < -0.3 is 9.53 Å².